The molecular formula is C18H18BrN3O2. The molecule has 24 heavy (non-hydrogen) atoms. The standard InChI is InChI=1S/C18H18BrN3O2/c1-24-17-10-6-5-9-16(17)20-13-18(23)22-21-12-15(19)11-14-7-3-2-4-8-14/h2-12,20H,13H2,1H3,(H,22,23). The molecule has 2 aromatic rings. The van der Waals surface area contributed by atoms with Crippen molar-refractivity contribution in [1.29, 1.82) is 0 Å². The van der Waals surface area contributed by atoms with Crippen LogP contribution in [0.1, 0.15) is 5.56 Å². The summed E-state index contributed by atoms with van der Waals surface area (Å²) in [5.41, 5.74) is 4.26. The van der Waals surface area contributed by atoms with Crippen LogP contribution in [0.5, 0.6) is 5.75 Å². The van der Waals surface area contributed by atoms with E-state index in [4.69, 9.17) is 4.74 Å². The van der Waals surface area contributed by atoms with Crippen molar-refractivity contribution in [1.82, 2.24) is 5.43 Å². The number of carbonyl (C=O) groups excluding carboxylic acids is 1. The number of allylic oxidation sites excluding steroid dienone is 1. The number of hydrazone groups is 1. The highest BCUT2D eigenvalue weighted by Gasteiger charge is 2.03. The molecule has 2 N–H and O–H groups in total. The van der Waals surface area contributed by atoms with Crippen molar-refractivity contribution in [3.8, 4) is 5.75 Å². The molecule has 0 aliphatic carbocycles. The number of amides is 1. The van der Waals surface area contributed by atoms with Crippen molar-refractivity contribution in [2.24, 2.45) is 5.10 Å². The number of methoxy groups -OCH3 is 1. The zero-order chi connectivity index (χ0) is 17.2. The molecule has 124 valence electrons. The van der Waals surface area contributed by atoms with Gasteiger partial charge in [-0.05, 0) is 39.7 Å². The fourth-order valence-corrected chi connectivity index (χ4v) is 2.28. The van der Waals surface area contributed by atoms with Gasteiger partial charge in [0.1, 0.15) is 5.75 Å². The maximum absolute atomic E-state index is 11.8. The molecule has 6 heteroatoms. The van der Waals surface area contributed by atoms with Gasteiger partial charge in [-0.2, -0.15) is 5.10 Å². The minimum absolute atomic E-state index is 0.0950. The van der Waals surface area contributed by atoms with Crippen LogP contribution in [0.2, 0.25) is 0 Å². The van der Waals surface area contributed by atoms with Crippen molar-refractivity contribution < 1.29 is 9.53 Å². The number of para-hydroxylation sites is 2. The lowest BCUT2D eigenvalue weighted by Crippen LogP contribution is -2.25. The van der Waals surface area contributed by atoms with Crippen LogP contribution in [0.15, 0.2) is 64.2 Å². The Morgan fingerprint density at radius 3 is 2.62 bits per heavy atom. The second-order valence-electron chi connectivity index (χ2n) is 4.79. The quantitative estimate of drug-likeness (QED) is 0.562. The van der Waals surface area contributed by atoms with Gasteiger partial charge in [-0.15, -0.1) is 0 Å². The molecule has 0 atom stereocenters. The number of anilines is 1. The van der Waals surface area contributed by atoms with Gasteiger partial charge in [-0.3, -0.25) is 4.79 Å². The van der Waals surface area contributed by atoms with E-state index >= 15 is 0 Å². The van der Waals surface area contributed by atoms with Gasteiger partial charge in [0.05, 0.1) is 25.6 Å². The number of hydrogen-bond donors (Lipinski definition) is 2. The summed E-state index contributed by atoms with van der Waals surface area (Å²) in [7, 11) is 1.58. The first kappa shape index (κ1) is 17.7. The van der Waals surface area contributed by atoms with E-state index in [1.54, 1.807) is 7.11 Å². The fourth-order valence-electron chi connectivity index (χ4n) is 1.92. The lowest BCUT2D eigenvalue weighted by atomic mass is 10.2. The van der Waals surface area contributed by atoms with Gasteiger partial charge in [0.2, 0.25) is 0 Å². The van der Waals surface area contributed by atoms with E-state index in [0.717, 1.165) is 15.7 Å². The zero-order valence-electron chi connectivity index (χ0n) is 13.2. The number of hydrogen-bond acceptors (Lipinski definition) is 4. The van der Waals surface area contributed by atoms with Crippen LogP contribution < -0.4 is 15.5 Å². The minimum atomic E-state index is -0.253. The first-order valence-electron chi connectivity index (χ1n) is 7.30. The number of halogens is 1. The minimum Gasteiger partial charge on any atom is -0.495 e. The van der Waals surface area contributed by atoms with Crippen LogP contribution in [0.3, 0.4) is 0 Å². The SMILES string of the molecule is COc1ccccc1NCC(=O)NN=CC(Br)=Cc1ccccc1. The molecule has 0 aliphatic rings. The number of benzene rings is 2. The average molecular weight is 388 g/mol. The third-order valence-corrected chi connectivity index (χ3v) is 3.46. The van der Waals surface area contributed by atoms with E-state index < -0.39 is 0 Å². The molecule has 0 fully saturated rings. The number of ether oxygens (including phenoxy) is 1. The molecule has 0 spiro atoms. The monoisotopic (exact) mass is 387 g/mol. The van der Waals surface area contributed by atoms with E-state index in [2.05, 4.69) is 31.8 Å². The first-order valence-corrected chi connectivity index (χ1v) is 8.09. The van der Waals surface area contributed by atoms with Crippen LogP contribution >= 0.6 is 15.9 Å². The van der Waals surface area contributed by atoms with Crippen molar-refractivity contribution in [3.05, 3.63) is 64.6 Å². The van der Waals surface area contributed by atoms with Crippen LogP contribution in [-0.2, 0) is 4.79 Å². The molecule has 5 nitrogen and oxygen atoms in total. The van der Waals surface area contributed by atoms with Crippen molar-refractivity contribution in [3.63, 3.8) is 0 Å². The van der Waals surface area contributed by atoms with Crippen LogP contribution in [-0.4, -0.2) is 25.8 Å². The lowest BCUT2D eigenvalue weighted by molar-refractivity contribution is -0.119. The Morgan fingerprint density at radius 2 is 1.88 bits per heavy atom. The predicted octanol–water partition coefficient (Wildman–Crippen LogP) is 3.65. The summed E-state index contributed by atoms with van der Waals surface area (Å²) in [4.78, 5) is 11.8. The summed E-state index contributed by atoms with van der Waals surface area (Å²) in [6.07, 6.45) is 3.44. The van der Waals surface area contributed by atoms with Gasteiger partial charge >= 0.3 is 0 Å². The number of nitrogens with one attached hydrogen (secondary N) is 2. The third kappa shape index (κ3) is 5.89. The first-order chi connectivity index (χ1) is 11.7. The Hall–Kier alpha value is -2.60. The predicted molar refractivity (Wildman–Crippen MR) is 101 cm³/mol. The van der Waals surface area contributed by atoms with E-state index in [0.29, 0.717) is 5.75 Å². The van der Waals surface area contributed by atoms with Crippen molar-refractivity contribution in [2.75, 3.05) is 19.0 Å². The summed E-state index contributed by atoms with van der Waals surface area (Å²) >= 11 is 3.39. The van der Waals surface area contributed by atoms with Crippen LogP contribution in [0.25, 0.3) is 6.08 Å². The Bertz CT molecular complexity index is 730. The second kappa shape index (κ2) is 9.52. The summed E-state index contributed by atoms with van der Waals surface area (Å²) in [5, 5.41) is 6.92. The second-order valence-corrected chi connectivity index (χ2v) is 5.70. The number of carbonyl (C=O) groups is 1. The summed E-state index contributed by atoms with van der Waals surface area (Å²) in [6, 6.07) is 17.2. The highest BCUT2D eigenvalue weighted by Crippen LogP contribution is 2.22. The number of rotatable bonds is 7. The maximum atomic E-state index is 11.8. The molecule has 0 saturated heterocycles. The molecule has 0 aromatic heterocycles. The zero-order valence-corrected chi connectivity index (χ0v) is 14.8. The maximum Gasteiger partial charge on any atom is 0.259 e. The highest BCUT2D eigenvalue weighted by atomic mass is 79.9. The van der Waals surface area contributed by atoms with Gasteiger partial charge in [-0.1, -0.05) is 42.5 Å². The largest absolute Gasteiger partial charge is 0.495 e. The van der Waals surface area contributed by atoms with E-state index in [1.165, 1.54) is 6.21 Å². The summed E-state index contributed by atoms with van der Waals surface area (Å²) in [6.45, 7) is 0.0950. The Balaban J connectivity index is 1.81. The number of nitrogens with zero attached hydrogens (tertiary/aromatic N) is 1. The molecule has 0 unspecified atom stereocenters. The third-order valence-electron chi connectivity index (χ3n) is 3.03. The van der Waals surface area contributed by atoms with Gasteiger partial charge in [0.15, 0.2) is 0 Å². The van der Waals surface area contributed by atoms with Crippen LogP contribution in [0.4, 0.5) is 5.69 Å². The van der Waals surface area contributed by atoms with Crippen molar-refractivity contribution >= 4 is 39.8 Å². The van der Waals surface area contributed by atoms with Gasteiger partial charge in [-0.25, -0.2) is 5.43 Å². The molecule has 0 heterocycles. The Morgan fingerprint density at radius 1 is 1.17 bits per heavy atom. The molecule has 2 aromatic carbocycles. The molecular weight excluding hydrogens is 370 g/mol. The molecule has 2 rings (SSSR count). The average Bonchev–Trinajstić information content (AvgIpc) is 2.61. The van der Waals surface area contributed by atoms with Gasteiger partial charge in [0, 0.05) is 4.48 Å². The van der Waals surface area contributed by atoms with E-state index in [-0.39, 0.29) is 12.5 Å². The highest BCUT2D eigenvalue weighted by molar-refractivity contribution is 9.12. The van der Waals surface area contributed by atoms with E-state index in [1.807, 2.05) is 60.7 Å². The summed E-state index contributed by atoms with van der Waals surface area (Å²) < 4.78 is 5.97. The van der Waals surface area contributed by atoms with Crippen molar-refractivity contribution in [2.45, 2.75) is 0 Å². The molecule has 0 aliphatic heterocycles. The fraction of sp³-hybridized carbons (Fsp3) is 0.111. The van der Waals surface area contributed by atoms with Crippen LogP contribution in [0, 0.1) is 0 Å². The Kier molecular flexibility index (Phi) is 7.04. The topological polar surface area (TPSA) is 62.7 Å². The van der Waals surface area contributed by atoms with Gasteiger partial charge in [0.25, 0.3) is 5.91 Å². The van der Waals surface area contributed by atoms with E-state index in [9.17, 15) is 4.79 Å². The molecule has 0 bridgehead atoms. The summed E-state index contributed by atoms with van der Waals surface area (Å²) in [5.74, 6) is 0.430. The van der Waals surface area contributed by atoms with Gasteiger partial charge < -0.3 is 10.1 Å². The molecule has 0 saturated carbocycles. The smallest absolute Gasteiger partial charge is 0.259 e. The molecule has 1 amide bonds. The normalized spacial score (nSPS) is 11.3. The Labute approximate surface area is 149 Å². The molecule has 0 radical (unpaired) electrons. The lowest BCUT2D eigenvalue weighted by Gasteiger charge is -2.09.